The minimum Gasteiger partial charge on any atom is -0.497 e. The van der Waals surface area contributed by atoms with Crippen molar-refractivity contribution in [3.8, 4) is 16.9 Å². The van der Waals surface area contributed by atoms with Gasteiger partial charge in [-0.3, -0.25) is 0 Å². The molecule has 0 aliphatic rings. The number of ether oxygens (including phenoxy) is 1. The molecule has 0 aromatic heterocycles. The van der Waals surface area contributed by atoms with E-state index in [0.717, 1.165) is 5.75 Å². The Morgan fingerprint density at radius 3 is 2.25 bits per heavy atom. The zero-order chi connectivity index (χ0) is 16.7. The fraction of sp³-hybridized carbons (Fsp3) is 0.130. The Kier molecular flexibility index (Phi) is 3.50. The zero-order valence-corrected chi connectivity index (χ0v) is 14.3. The molecule has 1 nitrogen and oxygen atoms in total. The van der Waals surface area contributed by atoms with E-state index in [1.165, 1.54) is 43.8 Å². The Hall–Kier alpha value is -2.80. The van der Waals surface area contributed by atoms with Crippen LogP contribution in [0.3, 0.4) is 0 Å². The normalized spacial score (nSPS) is 11.1. The molecule has 0 saturated carbocycles. The highest BCUT2D eigenvalue weighted by Crippen LogP contribution is 2.38. The van der Waals surface area contributed by atoms with Crippen LogP contribution in [-0.4, -0.2) is 7.11 Å². The Balaban J connectivity index is 2.17. The molecule has 0 atom stereocenters. The molecule has 118 valence electrons. The summed E-state index contributed by atoms with van der Waals surface area (Å²) < 4.78 is 5.47. The summed E-state index contributed by atoms with van der Waals surface area (Å²) in [6.07, 6.45) is 0. The Morgan fingerprint density at radius 2 is 1.46 bits per heavy atom. The largest absolute Gasteiger partial charge is 0.497 e. The predicted molar refractivity (Wildman–Crippen MR) is 103 cm³/mol. The third kappa shape index (κ3) is 2.33. The first kappa shape index (κ1) is 14.8. The quantitative estimate of drug-likeness (QED) is 0.395. The predicted octanol–water partition coefficient (Wildman–Crippen LogP) is 6.29. The monoisotopic (exact) mass is 312 g/mol. The van der Waals surface area contributed by atoms with E-state index in [1.807, 2.05) is 6.07 Å². The van der Waals surface area contributed by atoms with Crippen molar-refractivity contribution in [2.24, 2.45) is 0 Å². The summed E-state index contributed by atoms with van der Waals surface area (Å²) in [6.45, 7) is 4.33. The summed E-state index contributed by atoms with van der Waals surface area (Å²) in [6, 6.07) is 23.9. The number of hydrogen-bond donors (Lipinski definition) is 0. The van der Waals surface area contributed by atoms with Crippen molar-refractivity contribution in [2.45, 2.75) is 13.8 Å². The van der Waals surface area contributed by atoms with Crippen LogP contribution in [0.25, 0.3) is 32.7 Å². The van der Waals surface area contributed by atoms with E-state index in [2.05, 4.69) is 74.5 Å². The van der Waals surface area contributed by atoms with Crippen molar-refractivity contribution < 1.29 is 4.74 Å². The topological polar surface area (TPSA) is 9.23 Å². The smallest absolute Gasteiger partial charge is 0.119 e. The van der Waals surface area contributed by atoms with Gasteiger partial charge in [-0.05, 0) is 75.8 Å². The van der Waals surface area contributed by atoms with Crippen LogP contribution >= 0.6 is 0 Å². The van der Waals surface area contributed by atoms with E-state index in [-0.39, 0.29) is 0 Å². The van der Waals surface area contributed by atoms with Gasteiger partial charge in [0.2, 0.25) is 0 Å². The summed E-state index contributed by atoms with van der Waals surface area (Å²) in [7, 11) is 1.72. The molecule has 0 radical (unpaired) electrons. The van der Waals surface area contributed by atoms with Crippen molar-refractivity contribution >= 4 is 21.5 Å². The van der Waals surface area contributed by atoms with Gasteiger partial charge >= 0.3 is 0 Å². The van der Waals surface area contributed by atoms with Crippen molar-refractivity contribution in [1.82, 2.24) is 0 Å². The van der Waals surface area contributed by atoms with Crippen LogP contribution in [0.5, 0.6) is 5.75 Å². The number of benzene rings is 4. The zero-order valence-electron chi connectivity index (χ0n) is 14.3. The summed E-state index contributed by atoms with van der Waals surface area (Å²) in [4.78, 5) is 0. The lowest BCUT2D eigenvalue weighted by Crippen LogP contribution is -1.89. The van der Waals surface area contributed by atoms with Gasteiger partial charge in [-0.1, -0.05) is 48.5 Å². The molecule has 4 rings (SSSR count). The maximum Gasteiger partial charge on any atom is 0.119 e. The lowest BCUT2D eigenvalue weighted by atomic mass is 9.90. The van der Waals surface area contributed by atoms with E-state index >= 15 is 0 Å². The summed E-state index contributed by atoms with van der Waals surface area (Å²) in [5, 5.41) is 5.02. The molecule has 0 amide bonds. The summed E-state index contributed by atoms with van der Waals surface area (Å²) in [5.74, 6) is 0.892. The van der Waals surface area contributed by atoms with Gasteiger partial charge in [0, 0.05) is 0 Å². The fourth-order valence-corrected chi connectivity index (χ4v) is 3.38. The molecule has 0 saturated heterocycles. The van der Waals surface area contributed by atoms with Crippen LogP contribution in [0.4, 0.5) is 0 Å². The van der Waals surface area contributed by atoms with Gasteiger partial charge in [0.15, 0.2) is 0 Å². The molecule has 4 aromatic carbocycles. The van der Waals surface area contributed by atoms with Crippen LogP contribution in [0.15, 0.2) is 66.7 Å². The first-order chi connectivity index (χ1) is 11.7. The van der Waals surface area contributed by atoms with Crippen LogP contribution in [0, 0.1) is 13.8 Å². The maximum absolute atomic E-state index is 5.47. The van der Waals surface area contributed by atoms with E-state index < -0.39 is 0 Å². The second-order valence-corrected chi connectivity index (χ2v) is 6.36. The average Bonchev–Trinajstić information content (AvgIpc) is 2.61. The highest BCUT2D eigenvalue weighted by atomic mass is 16.5. The molecule has 0 aliphatic carbocycles. The average molecular weight is 312 g/mol. The molecule has 0 fully saturated rings. The van der Waals surface area contributed by atoms with Crippen molar-refractivity contribution in [2.75, 3.05) is 7.11 Å². The third-order valence-electron chi connectivity index (χ3n) is 4.87. The van der Waals surface area contributed by atoms with Gasteiger partial charge in [0.1, 0.15) is 5.75 Å². The molecule has 0 heterocycles. The highest BCUT2D eigenvalue weighted by Gasteiger charge is 2.11. The van der Waals surface area contributed by atoms with E-state index in [4.69, 9.17) is 4.74 Å². The molecule has 0 spiro atoms. The molecule has 0 bridgehead atoms. The number of hydrogen-bond acceptors (Lipinski definition) is 1. The Morgan fingerprint density at radius 1 is 0.667 bits per heavy atom. The molecular formula is C23H20O. The van der Waals surface area contributed by atoms with Crippen LogP contribution in [0.2, 0.25) is 0 Å². The molecule has 4 aromatic rings. The second-order valence-electron chi connectivity index (χ2n) is 6.36. The molecule has 0 N–H and O–H groups in total. The van der Waals surface area contributed by atoms with Gasteiger partial charge in [0.25, 0.3) is 0 Å². The van der Waals surface area contributed by atoms with Gasteiger partial charge in [-0.2, -0.15) is 0 Å². The fourth-order valence-electron chi connectivity index (χ4n) is 3.38. The van der Waals surface area contributed by atoms with E-state index in [9.17, 15) is 0 Å². The first-order valence-electron chi connectivity index (χ1n) is 8.24. The Labute approximate surface area is 142 Å². The van der Waals surface area contributed by atoms with E-state index in [0.29, 0.717) is 0 Å². The molecular weight excluding hydrogens is 292 g/mol. The van der Waals surface area contributed by atoms with Crippen LogP contribution < -0.4 is 4.74 Å². The van der Waals surface area contributed by atoms with Crippen LogP contribution in [-0.2, 0) is 0 Å². The standard InChI is InChI=1S/C23H20O/c1-15-8-9-19(12-16(15)2)23-21-7-5-4-6-17(21)13-18-10-11-20(24-3)14-22(18)23/h4-14H,1-3H3. The molecule has 1 heteroatoms. The SMILES string of the molecule is COc1ccc2cc3ccccc3c(-c3ccc(C)c(C)c3)c2c1. The maximum atomic E-state index is 5.47. The minimum atomic E-state index is 0.892. The van der Waals surface area contributed by atoms with Crippen LogP contribution in [0.1, 0.15) is 11.1 Å². The first-order valence-corrected chi connectivity index (χ1v) is 8.24. The van der Waals surface area contributed by atoms with Crippen molar-refractivity contribution in [3.63, 3.8) is 0 Å². The van der Waals surface area contributed by atoms with Gasteiger partial charge in [0.05, 0.1) is 7.11 Å². The van der Waals surface area contributed by atoms with Crippen molar-refractivity contribution in [3.05, 3.63) is 77.9 Å². The lowest BCUT2D eigenvalue weighted by Gasteiger charge is -2.14. The number of rotatable bonds is 2. The highest BCUT2D eigenvalue weighted by molar-refractivity contribution is 6.13. The van der Waals surface area contributed by atoms with E-state index in [1.54, 1.807) is 7.11 Å². The van der Waals surface area contributed by atoms with Gasteiger partial charge < -0.3 is 4.74 Å². The number of fused-ring (bicyclic) bond motifs is 2. The van der Waals surface area contributed by atoms with Crippen molar-refractivity contribution in [1.29, 1.82) is 0 Å². The number of aryl methyl sites for hydroxylation is 2. The minimum absolute atomic E-state index is 0.892. The lowest BCUT2D eigenvalue weighted by molar-refractivity contribution is 0.415. The van der Waals surface area contributed by atoms with Gasteiger partial charge in [-0.15, -0.1) is 0 Å². The molecule has 0 aliphatic heterocycles. The summed E-state index contributed by atoms with van der Waals surface area (Å²) >= 11 is 0. The second kappa shape index (κ2) is 5.68. The number of methoxy groups -OCH3 is 1. The third-order valence-corrected chi connectivity index (χ3v) is 4.87. The molecule has 24 heavy (non-hydrogen) atoms. The summed E-state index contributed by atoms with van der Waals surface area (Å²) in [5.41, 5.74) is 5.18. The molecule has 0 unspecified atom stereocenters. The van der Waals surface area contributed by atoms with Gasteiger partial charge in [-0.25, -0.2) is 0 Å². The Bertz CT molecular complexity index is 1060.